The number of nitrogens with zero attached hydrogens (tertiary/aromatic N) is 4. The first kappa shape index (κ1) is 20.6. The predicted molar refractivity (Wildman–Crippen MR) is 130 cm³/mol. The highest BCUT2D eigenvalue weighted by Crippen LogP contribution is 2.39. The van der Waals surface area contributed by atoms with E-state index >= 15 is 0 Å². The van der Waals surface area contributed by atoms with Crippen molar-refractivity contribution in [3.63, 3.8) is 0 Å². The molecule has 0 bridgehead atoms. The standard InChI is InChI=1S/C27H25N5O2/c1-34-25-12-8-18(20-7-11-24(28-15-20)17-5-6-17)14-23(25)27(33)30-21-4-2-3-19(13-21)26-31-29-16-32(26)22-9-10-22/h2-4,7-8,11-17,22H,5-6,9-10H2,1H3,(H,30,33). The Morgan fingerprint density at radius 2 is 1.85 bits per heavy atom. The Morgan fingerprint density at radius 1 is 1.00 bits per heavy atom. The maximum Gasteiger partial charge on any atom is 0.259 e. The van der Waals surface area contributed by atoms with Gasteiger partial charge in [-0.15, -0.1) is 10.2 Å². The number of nitrogens with one attached hydrogen (secondary N) is 1. The molecular formula is C27H25N5O2. The number of ether oxygens (including phenoxy) is 1. The Hall–Kier alpha value is -4.00. The molecule has 1 N–H and O–H groups in total. The number of benzene rings is 2. The topological polar surface area (TPSA) is 81.9 Å². The quantitative estimate of drug-likeness (QED) is 0.402. The molecule has 2 saturated carbocycles. The van der Waals surface area contributed by atoms with Gasteiger partial charge in [-0.1, -0.05) is 24.3 Å². The number of pyridine rings is 1. The van der Waals surface area contributed by atoms with Gasteiger partial charge < -0.3 is 14.6 Å². The number of hydrogen-bond donors (Lipinski definition) is 1. The molecule has 2 aromatic heterocycles. The summed E-state index contributed by atoms with van der Waals surface area (Å²) >= 11 is 0. The van der Waals surface area contributed by atoms with Crippen molar-refractivity contribution in [2.75, 3.05) is 12.4 Å². The van der Waals surface area contributed by atoms with Crippen molar-refractivity contribution in [2.24, 2.45) is 0 Å². The molecule has 7 nitrogen and oxygen atoms in total. The minimum Gasteiger partial charge on any atom is -0.496 e. The van der Waals surface area contributed by atoms with E-state index in [1.54, 1.807) is 13.4 Å². The molecular weight excluding hydrogens is 426 g/mol. The Kier molecular flexibility index (Phi) is 5.09. The summed E-state index contributed by atoms with van der Waals surface area (Å²) in [5, 5.41) is 11.4. The van der Waals surface area contributed by atoms with Crippen molar-refractivity contribution in [1.29, 1.82) is 0 Å². The first-order chi connectivity index (χ1) is 16.7. The third kappa shape index (κ3) is 4.05. The van der Waals surface area contributed by atoms with Crippen molar-refractivity contribution < 1.29 is 9.53 Å². The summed E-state index contributed by atoms with van der Waals surface area (Å²) in [7, 11) is 1.57. The third-order valence-electron chi connectivity index (χ3n) is 6.45. The molecule has 0 unspecified atom stereocenters. The monoisotopic (exact) mass is 451 g/mol. The van der Waals surface area contributed by atoms with Gasteiger partial charge >= 0.3 is 0 Å². The molecule has 34 heavy (non-hydrogen) atoms. The second-order valence-electron chi connectivity index (χ2n) is 8.99. The average molecular weight is 452 g/mol. The van der Waals surface area contributed by atoms with E-state index in [0.717, 1.165) is 41.1 Å². The van der Waals surface area contributed by atoms with E-state index in [1.165, 1.54) is 12.8 Å². The summed E-state index contributed by atoms with van der Waals surface area (Å²) in [4.78, 5) is 17.9. The highest BCUT2D eigenvalue weighted by molar-refractivity contribution is 6.07. The van der Waals surface area contributed by atoms with Gasteiger partial charge in [0, 0.05) is 40.7 Å². The van der Waals surface area contributed by atoms with Gasteiger partial charge in [0.1, 0.15) is 12.1 Å². The second-order valence-corrected chi connectivity index (χ2v) is 8.99. The second kappa shape index (κ2) is 8.41. The van der Waals surface area contributed by atoms with Crippen LogP contribution in [0, 0.1) is 0 Å². The number of rotatable bonds is 7. The van der Waals surface area contributed by atoms with Crippen molar-refractivity contribution in [2.45, 2.75) is 37.6 Å². The van der Waals surface area contributed by atoms with Crippen LogP contribution in [0.15, 0.2) is 67.1 Å². The smallest absolute Gasteiger partial charge is 0.259 e. The van der Waals surface area contributed by atoms with Crippen LogP contribution in [-0.2, 0) is 0 Å². The van der Waals surface area contributed by atoms with Crippen molar-refractivity contribution >= 4 is 11.6 Å². The number of amides is 1. The number of carbonyl (C=O) groups is 1. The zero-order valence-corrected chi connectivity index (χ0v) is 18.9. The minimum atomic E-state index is -0.234. The van der Waals surface area contributed by atoms with Crippen LogP contribution < -0.4 is 10.1 Å². The number of hydrogen-bond acceptors (Lipinski definition) is 5. The molecule has 6 rings (SSSR count). The van der Waals surface area contributed by atoms with E-state index in [0.29, 0.717) is 29.0 Å². The van der Waals surface area contributed by atoms with Crippen LogP contribution in [0.2, 0.25) is 0 Å². The van der Waals surface area contributed by atoms with Crippen LogP contribution in [0.3, 0.4) is 0 Å². The molecule has 170 valence electrons. The van der Waals surface area contributed by atoms with Gasteiger partial charge in [-0.3, -0.25) is 9.78 Å². The van der Waals surface area contributed by atoms with Crippen LogP contribution >= 0.6 is 0 Å². The van der Waals surface area contributed by atoms with Crippen LogP contribution in [0.1, 0.15) is 53.7 Å². The van der Waals surface area contributed by atoms with Crippen molar-refractivity contribution in [3.8, 4) is 28.3 Å². The minimum absolute atomic E-state index is 0.234. The molecule has 0 spiro atoms. The number of aromatic nitrogens is 4. The van der Waals surface area contributed by atoms with Gasteiger partial charge in [0.25, 0.3) is 5.91 Å². The summed E-state index contributed by atoms with van der Waals surface area (Å²) in [6.07, 6.45) is 8.41. The van der Waals surface area contributed by atoms with E-state index in [9.17, 15) is 4.79 Å². The van der Waals surface area contributed by atoms with Gasteiger partial charge in [0.15, 0.2) is 5.82 Å². The van der Waals surface area contributed by atoms with Crippen LogP contribution in [0.25, 0.3) is 22.5 Å². The fraction of sp³-hybridized carbons (Fsp3) is 0.259. The third-order valence-corrected chi connectivity index (χ3v) is 6.45. The zero-order chi connectivity index (χ0) is 23.1. The molecule has 0 radical (unpaired) electrons. The zero-order valence-electron chi connectivity index (χ0n) is 18.9. The predicted octanol–water partition coefficient (Wildman–Crippen LogP) is 5.48. The summed E-state index contributed by atoms with van der Waals surface area (Å²) in [6, 6.07) is 18.0. The Bertz CT molecular complexity index is 1350. The Morgan fingerprint density at radius 3 is 2.59 bits per heavy atom. The number of methoxy groups -OCH3 is 1. The summed E-state index contributed by atoms with van der Waals surface area (Å²) in [5.41, 5.74) is 5.13. The lowest BCUT2D eigenvalue weighted by Crippen LogP contribution is -2.13. The first-order valence-corrected chi connectivity index (χ1v) is 11.7. The highest BCUT2D eigenvalue weighted by Gasteiger charge is 2.27. The maximum absolute atomic E-state index is 13.3. The van der Waals surface area contributed by atoms with Gasteiger partial charge in [0.2, 0.25) is 0 Å². The normalized spacial score (nSPS) is 15.2. The molecule has 2 fully saturated rings. The molecule has 2 aliphatic carbocycles. The Labute approximate surface area is 197 Å². The van der Waals surface area contributed by atoms with Gasteiger partial charge in [0.05, 0.1) is 12.7 Å². The molecule has 7 heteroatoms. The molecule has 2 aliphatic rings. The molecule has 0 atom stereocenters. The van der Waals surface area contributed by atoms with E-state index in [2.05, 4.69) is 37.2 Å². The van der Waals surface area contributed by atoms with Crippen LogP contribution in [0.4, 0.5) is 5.69 Å². The van der Waals surface area contributed by atoms with E-state index in [-0.39, 0.29) is 5.91 Å². The van der Waals surface area contributed by atoms with E-state index in [4.69, 9.17) is 4.74 Å². The molecule has 2 aromatic carbocycles. The van der Waals surface area contributed by atoms with Gasteiger partial charge in [-0.05, 0) is 61.6 Å². The molecule has 2 heterocycles. The van der Waals surface area contributed by atoms with Gasteiger partial charge in [-0.25, -0.2) is 0 Å². The maximum atomic E-state index is 13.3. The summed E-state index contributed by atoms with van der Waals surface area (Å²) in [6.45, 7) is 0. The SMILES string of the molecule is COc1ccc(-c2ccc(C3CC3)nc2)cc1C(=O)Nc1cccc(-c2nncn2C2CC2)c1. The van der Waals surface area contributed by atoms with Crippen LogP contribution in [0.5, 0.6) is 5.75 Å². The lowest BCUT2D eigenvalue weighted by molar-refractivity contribution is 0.102. The summed E-state index contributed by atoms with van der Waals surface area (Å²) in [5.74, 6) is 1.72. The van der Waals surface area contributed by atoms with E-state index in [1.807, 2.05) is 48.7 Å². The fourth-order valence-electron chi connectivity index (χ4n) is 4.27. The largest absolute Gasteiger partial charge is 0.496 e. The average Bonchev–Trinajstić information content (AvgIpc) is 3.82. The molecule has 4 aromatic rings. The molecule has 0 aliphatic heterocycles. The number of anilines is 1. The number of carbonyl (C=O) groups excluding carboxylic acids is 1. The van der Waals surface area contributed by atoms with Crippen molar-refractivity contribution in [1.82, 2.24) is 19.7 Å². The lowest BCUT2D eigenvalue weighted by atomic mass is 10.0. The van der Waals surface area contributed by atoms with Crippen molar-refractivity contribution in [3.05, 3.63) is 78.4 Å². The fourth-order valence-corrected chi connectivity index (χ4v) is 4.27. The van der Waals surface area contributed by atoms with Gasteiger partial charge in [-0.2, -0.15) is 0 Å². The molecule has 0 saturated heterocycles. The Balaban J connectivity index is 1.26. The van der Waals surface area contributed by atoms with Crippen LogP contribution in [-0.4, -0.2) is 32.8 Å². The lowest BCUT2D eigenvalue weighted by Gasteiger charge is -2.12. The molecule has 1 amide bonds. The highest BCUT2D eigenvalue weighted by atomic mass is 16.5. The first-order valence-electron chi connectivity index (χ1n) is 11.7. The summed E-state index contributed by atoms with van der Waals surface area (Å²) < 4.78 is 7.59. The van der Waals surface area contributed by atoms with E-state index < -0.39 is 0 Å².